The minimum atomic E-state index is -1.20. The molecule has 60 heavy (non-hydrogen) atoms. The van der Waals surface area contributed by atoms with Gasteiger partial charge in [-0.2, -0.15) is 0 Å². The second kappa shape index (κ2) is 25.4. The molecule has 0 unspecified atom stereocenters. The maximum absolute atomic E-state index is 13.9. The molecule has 3 aliphatic heterocycles. The molecule has 0 spiro atoms. The van der Waals surface area contributed by atoms with Gasteiger partial charge in [0.05, 0.1) is 12.1 Å². The predicted molar refractivity (Wildman–Crippen MR) is 219 cm³/mol. The molecule has 0 aromatic heterocycles. The van der Waals surface area contributed by atoms with Crippen molar-refractivity contribution in [2.45, 2.75) is 158 Å². The lowest BCUT2D eigenvalue weighted by Gasteiger charge is -2.30. The molecule has 0 saturated carbocycles. The van der Waals surface area contributed by atoms with Gasteiger partial charge in [-0.3, -0.25) is 33.6 Å². The number of carboxylic acid groups (broad SMARTS) is 1. The Morgan fingerprint density at radius 1 is 0.633 bits per heavy atom. The molecule has 3 rings (SSSR count). The summed E-state index contributed by atoms with van der Waals surface area (Å²) < 4.78 is 0. The summed E-state index contributed by atoms with van der Waals surface area (Å²) in [5, 5.41) is 36.6. The van der Waals surface area contributed by atoms with Crippen LogP contribution >= 0.6 is 0 Å². The van der Waals surface area contributed by atoms with Gasteiger partial charge in [0.1, 0.15) is 42.3 Å². The molecule has 21 heteroatoms. The van der Waals surface area contributed by atoms with Crippen LogP contribution in [0, 0.1) is 0 Å². The second-order valence-electron chi connectivity index (χ2n) is 16.1. The lowest BCUT2D eigenvalue weighted by molar-refractivity contribution is -0.145. The minimum absolute atomic E-state index is 0.0932. The normalized spacial score (nSPS) is 22.6. The third-order valence-electron chi connectivity index (χ3n) is 11.3. The summed E-state index contributed by atoms with van der Waals surface area (Å²) in [6, 6.07) is -8.07. The number of carbonyl (C=O) groups excluding carboxylic acids is 7. The largest absolute Gasteiger partial charge is 0.480 e. The zero-order chi connectivity index (χ0) is 44.4. The van der Waals surface area contributed by atoms with E-state index in [1.54, 1.807) is 0 Å². The van der Waals surface area contributed by atoms with E-state index in [4.69, 9.17) is 17.2 Å². The Kier molecular flexibility index (Phi) is 21.1. The Labute approximate surface area is 351 Å². The first-order valence-electron chi connectivity index (χ1n) is 21.5. The Hall–Kier alpha value is -4.44. The van der Waals surface area contributed by atoms with Gasteiger partial charge in [0.2, 0.25) is 41.4 Å². The zero-order valence-corrected chi connectivity index (χ0v) is 35.1. The van der Waals surface area contributed by atoms with E-state index in [0.717, 1.165) is 6.42 Å². The van der Waals surface area contributed by atoms with Crippen molar-refractivity contribution in [3.8, 4) is 0 Å². The van der Waals surface area contributed by atoms with Crippen molar-refractivity contribution in [2.75, 3.05) is 39.3 Å². The summed E-state index contributed by atoms with van der Waals surface area (Å²) in [6.45, 7) is 4.75. The van der Waals surface area contributed by atoms with Crippen LogP contribution in [0.15, 0.2) is 0 Å². The van der Waals surface area contributed by atoms with E-state index >= 15 is 0 Å². The van der Waals surface area contributed by atoms with Crippen molar-refractivity contribution in [3.05, 3.63) is 0 Å². The maximum Gasteiger partial charge on any atom is 0.326 e. The van der Waals surface area contributed by atoms with Crippen LogP contribution in [0.25, 0.3) is 0 Å². The summed E-state index contributed by atoms with van der Waals surface area (Å²) in [6.07, 6.45) is 4.63. The van der Waals surface area contributed by atoms with Crippen LogP contribution in [0.3, 0.4) is 0 Å². The van der Waals surface area contributed by atoms with Crippen LogP contribution in [-0.2, 0) is 38.4 Å². The standard InChI is InChI=1S/C39H69N11O10/c1-23(37(57)49-20-10-15-30(49)35(55)48-29(39(59)60)13-5-8-18-42)45-33(53)27(11-3-6-16-40)46-34(54)28(12-4-7-17-41)47-36(56)31-21-25(51)22-50(31)38(58)24(2)44-32(52)26-14-9-19-43-26/h23-31,43,51H,3-22,40-42H2,1-2H3,(H,44,52)(H,45,53)(H,46,54)(H,47,56)(H,48,55)(H,59,60)/t23-,24-,25+,26-,27-,28-,29-,30-,31-/m0/s1. The van der Waals surface area contributed by atoms with Crippen LogP contribution in [0.2, 0.25) is 0 Å². The first-order chi connectivity index (χ1) is 28.6. The maximum atomic E-state index is 13.9. The van der Waals surface area contributed by atoms with Crippen molar-refractivity contribution in [3.63, 3.8) is 0 Å². The fourth-order valence-corrected chi connectivity index (χ4v) is 7.85. The van der Waals surface area contributed by atoms with Crippen molar-refractivity contribution in [2.24, 2.45) is 17.2 Å². The van der Waals surface area contributed by atoms with E-state index in [1.165, 1.54) is 23.6 Å². The smallest absolute Gasteiger partial charge is 0.326 e. The van der Waals surface area contributed by atoms with E-state index in [9.17, 15) is 48.6 Å². The molecular weight excluding hydrogens is 782 g/mol. The first-order valence-corrected chi connectivity index (χ1v) is 21.5. The second-order valence-corrected chi connectivity index (χ2v) is 16.1. The van der Waals surface area contributed by atoms with Gasteiger partial charge in [-0.05, 0) is 123 Å². The predicted octanol–water partition coefficient (Wildman–Crippen LogP) is -3.37. The topological polar surface area (TPSA) is 334 Å². The van der Waals surface area contributed by atoms with Crippen molar-refractivity contribution in [1.82, 2.24) is 41.7 Å². The zero-order valence-electron chi connectivity index (χ0n) is 35.1. The molecule has 0 bridgehead atoms. The molecule has 7 amide bonds. The van der Waals surface area contributed by atoms with Gasteiger partial charge in [0.15, 0.2) is 0 Å². The quantitative estimate of drug-likeness (QED) is 0.0400. The molecule has 3 heterocycles. The molecule has 0 aromatic rings. The molecule has 14 N–H and O–H groups in total. The highest BCUT2D eigenvalue weighted by atomic mass is 16.4. The lowest BCUT2D eigenvalue weighted by Crippen LogP contribution is -2.59. The number of aliphatic hydroxyl groups is 1. The number of aliphatic hydroxyl groups excluding tert-OH is 1. The molecular formula is C39H69N11O10. The Morgan fingerprint density at radius 3 is 1.72 bits per heavy atom. The van der Waals surface area contributed by atoms with Gasteiger partial charge in [0, 0.05) is 19.5 Å². The van der Waals surface area contributed by atoms with Gasteiger partial charge >= 0.3 is 5.97 Å². The van der Waals surface area contributed by atoms with Crippen LogP contribution in [-0.4, -0.2) is 161 Å². The number of hydrogen-bond donors (Lipinski definition) is 11. The Bertz CT molecular complexity index is 1480. The number of nitrogens with one attached hydrogen (secondary N) is 6. The summed E-state index contributed by atoms with van der Waals surface area (Å²) >= 11 is 0. The number of nitrogens with zero attached hydrogens (tertiary/aromatic N) is 2. The Morgan fingerprint density at radius 2 is 1.15 bits per heavy atom. The van der Waals surface area contributed by atoms with Gasteiger partial charge < -0.3 is 69.1 Å². The number of nitrogens with two attached hydrogens (primary N) is 3. The van der Waals surface area contributed by atoms with Crippen molar-refractivity contribution in [1.29, 1.82) is 0 Å². The number of hydrogen-bond acceptors (Lipinski definition) is 13. The van der Waals surface area contributed by atoms with Crippen LogP contribution in [0.5, 0.6) is 0 Å². The number of unbranched alkanes of at least 4 members (excludes halogenated alkanes) is 3. The molecule has 21 nitrogen and oxygen atoms in total. The number of β-amino-alcohol motifs (C(OH)–C–C–N with tert-alkyl or cyclic N) is 1. The van der Waals surface area contributed by atoms with Crippen molar-refractivity contribution < 1.29 is 48.6 Å². The fraction of sp³-hybridized carbons (Fsp3) is 0.795. The number of likely N-dealkylation sites (tertiary alicyclic amines) is 2. The third kappa shape index (κ3) is 14.9. The van der Waals surface area contributed by atoms with Gasteiger partial charge in [-0.25, -0.2) is 4.79 Å². The molecule has 340 valence electrons. The highest BCUT2D eigenvalue weighted by Gasteiger charge is 2.43. The number of aliphatic carboxylic acids is 1. The van der Waals surface area contributed by atoms with Crippen molar-refractivity contribution >= 4 is 47.3 Å². The minimum Gasteiger partial charge on any atom is -0.480 e. The highest BCUT2D eigenvalue weighted by Crippen LogP contribution is 2.21. The molecule has 3 saturated heterocycles. The third-order valence-corrected chi connectivity index (χ3v) is 11.3. The van der Waals surface area contributed by atoms with E-state index in [1.807, 2.05) is 0 Å². The number of amides is 7. The average molecular weight is 852 g/mol. The van der Waals surface area contributed by atoms with Gasteiger partial charge in [-0.15, -0.1) is 0 Å². The lowest BCUT2D eigenvalue weighted by atomic mass is 10.0. The molecule has 9 atom stereocenters. The first kappa shape index (κ1) is 49.9. The van der Waals surface area contributed by atoms with Gasteiger partial charge in [0.25, 0.3) is 0 Å². The SMILES string of the molecule is C[C@H](NC(=O)[C@H](CCCCN)NC(=O)[C@H](CCCCN)NC(=O)[C@@H]1C[C@@H](O)CN1C(=O)[C@H](C)NC(=O)[C@@H]1CCCN1)C(=O)N1CCC[C@H]1C(=O)N[C@@H](CCCCN)C(=O)O. The molecule has 0 aromatic carbocycles. The highest BCUT2D eigenvalue weighted by molar-refractivity contribution is 5.97. The summed E-state index contributed by atoms with van der Waals surface area (Å²) in [5.41, 5.74) is 16.9. The summed E-state index contributed by atoms with van der Waals surface area (Å²) in [7, 11) is 0. The monoisotopic (exact) mass is 852 g/mol. The molecule has 3 fully saturated rings. The van der Waals surface area contributed by atoms with Crippen LogP contribution < -0.4 is 49.1 Å². The number of rotatable bonds is 25. The van der Waals surface area contributed by atoms with E-state index in [-0.39, 0.29) is 44.7 Å². The Balaban J connectivity index is 1.70. The van der Waals surface area contributed by atoms with Crippen LogP contribution in [0.4, 0.5) is 0 Å². The summed E-state index contributed by atoms with van der Waals surface area (Å²) in [5.74, 6) is -5.32. The van der Waals surface area contributed by atoms with Gasteiger partial charge in [-0.1, -0.05) is 0 Å². The fourth-order valence-electron chi connectivity index (χ4n) is 7.85. The number of carboxylic acids is 1. The van der Waals surface area contributed by atoms with E-state index in [2.05, 4.69) is 31.9 Å². The van der Waals surface area contributed by atoms with E-state index in [0.29, 0.717) is 84.0 Å². The molecule has 0 radical (unpaired) electrons. The summed E-state index contributed by atoms with van der Waals surface area (Å²) in [4.78, 5) is 109. The molecule has 0 aliphatic carbocycles. The molecule has 3 aliphatic rings. The van der Waals surface area contributed by atoms with E-state index < -0.39 is 95.9 Å². The number of carbonyl (C=O) groups is 8. The average Bonchev–Trinajstić information content (AvgIpc) is 4.01. The van der Waals surface area contributed by atoms with Crippen LogP contribution in [0.1, 0.15) is 104 Å².